The summed E-state index contributed by atoms with van der Waals surface area (Å²) in [5, 5.41) is 12.5. The van der Waals surface area contributed by atoms with Gasteiger partial charge in [-0.2, -0.15) is 13.2 Å². The van der Waals surface area contributed by atoms with Gasteiger partial charge in [0.15, 0.2) is 0 Å². The van der Waals surface area contributed by atoms with Crippen LogP contribution in [0.15, 0.2) is 18.2 Å². The normalized spacial score (nSPS) is 11.4. The Morgan fingerprint density at radius 3 is 2.45 bits per heavy atom. The Morgan fingerprint density at radius 2 is 2.00 bits per heavy atom. The second kappa shape index (κ2) is 6.54. The van der Waals surface area contributed by atoms with Gasteiger partial charge < -0.3 is 10.2 Å². The molecule has 0 saturated carbocycles. The lowest BCUT2D eigenvalue weighted by atomic mass is 10.1. The maximum absolute atomic E-state index is 12.7. The molecule has 0 spiro atoms. The van der Waals surface area contributed by atoms with Crippen molar-refractivity contribution in [2.45, 2.75) is 12.6 Å². The topological polar surface area (TPSA) is 75.5 Å². The highest BCUT2D eigenvalue weighted by Gasteiger charge is 2.38. The third-order valence-electron chi connectivity index (χ3n) is 2.51. The zero-order valence-corrected chi connectivity index (χ0v) is 11.0. The lowest BCUT2D eigenvalue weighted by Crippen LogP contribution is -2.35. The highest BCUT2D eigenvalue weighted by molar-refractivity contribution is 5.89. The quantitative estimate of drug-likeness (QED) is 0.523. The van der Waals surface area contributed by atoms with Crippen molar-refractivity contribution >= 4 is 17.4 Å². The van der Waals surface area contributed by atoms with Crippen molar-refractivity contribution in [1.82, 2.24) is 4.90 Å². The summed E-state index contributed by atoms with van der Waals surface area (Å²) in [5.74, 6) is 0. The first-order chi connectivity index (χ1) is 10.0. The number of carbonyl (C=O) groups excluding carboxylic acids is 1. The summed E-state index contributed by atoms with van der Waals surface area (Å²) in [5.41, 5.74) is -3.12. The number of nitro benzene ring substituents is 1. The standard InChI is InChI=1S/C11H10F5N3O3/c1-18(5-9(12)13)10(20)17-6-2-3-8(19(21)22)7(4-6)11(14,15)16/h2-4,9H,5H2,1H3,(H,17,20). The molecule has 0 aliphatic heterocycles. The maximum Gasteiger partial charge on any atom is 0.423 e. The van der Waals surface area contributed by atoms with Crippen molar-refractivity contribution < 1.29 is 31.7 Å². The van der Waals surface area contributed by atoms with Crippen molar-refractivity contribution in [3.8, 4) is 0 Å². The first kappa shape index (κ1) is 17.6. The fraction of sp³-hybridized carbons (Fsp3) is 0.364. The molecule has 6 nitrogen and oxygen atoms in total. The van der Waals surface area contributed by atoms with E-state index in [9.17, 15) is 36.9 Å². The van der Waals surface area contributed by atoms with Crippen molar-refractivity contribution in [2.24, 2.45) is 0 Å². The van der Waals surface area contributed by atoms with Crippen LogP contribution in [0.2, 0.25) is 0 Å². The predicted molar refractivity (Wildman–Crippen MR) is 65.8 cm³/mol. The average Bonchev–Trinajstić information content (AvgIpc) is 2.36. The van der Waals surface area contributed by atoms with Crippen LogP contribution >= 0.6 is 0 Å². The summed E-state index contributed by atoms with van der Waals surface area (Å²) >= 11 is 0. The van der Waals surface area contributed by atoms with Gasteiger partial charge in [0.1, 0.15) is 5.56 Å². The summed E-state index contributed by atoms with van der Waals surface area (Å²) in [6.45, 7) is -0.912. The molecule has 0 saturated heterocycles. The number of hydrogen-bond acceptors (Lipinski definition) is 3. The Balaban J connectivity index is 3.03. The molecule has 1 N–H and O–H groups in total. The van der Waals surface area contributed by atoms with Gasteiger partial charge in [0, 0.05) is 18.8 Å². The van der Waals surface area contributed by atoms with Gasteiger partial charge in [0.2, 0.25) is 0 Å². The van der Waals surface area contributed by atoms with Crippen LogP contribution in [0.5, 0.6) is 0 Å². The van der Waals surface area contributed by atoms with Crippen LogP contribution in [0.1, 0.15) is 5.56 Å². The number of halogens is 5. The molecule has 0 fully saturated rings. The Morgan fingerprint density at radius 1 is 1.41 bits per heavy atom. The fourth-order valence-corrected chi connectivity index (χ4v) is 1.51. The number of hydrogen-bond donors (Lipinski definition) is 1. The van der Waals surface area contributed by atoms with Crippen molar-refractivity contribution in [2.75, 3.05) is 18.9 Å². The number of amides is 2. The molecular formula is C11H10F5N3O3. The first-order valence-corrected chi connectivity index (χ1v) is 5.68. The van der Waals surface area contributed by atoms with Crippen LogP contribution in [0.25, 0.3) is 0 Å². The number of carbonyl (C=O) groups is 1. The highest BCUT2D eigenvalue weighted by Crippen LogP contribution is 2.37. The number of urea groups is 1. The number of nitrogens with zero attached hydrogens (tertiary/aromatic N) is 2. The third-order valence-corrected chi connectivity index (χ3v) is 2.51. The van der Waals surface area contributed by atoms with Crippen molar-refractivity contribution in [1.29, 1.82) is 0 Å². The van der Waals surface area contributed by atoms with Gasteiger partial charge in [-0.15, -0.1) is 0 Å². The molecule has 1 rings (SSSR count). The van der Waals surface area contributed by atoms with E-state index in [2.05, 4.69) is 0 Å². The average molecular weight is 327 g/mol. The molecule has 0 unspecified atom stereocenters. The Hall–Kier alpha value is -2.46. The van der Waals surface area contributed by atoms with Gasteiger partial charge in [-0.3, -0.25) is 10.1 Å². The smallest absolute Gasteiger partial charge is 0.322 e. The Kier molecular flexibility index (Phi) is 5.23. The van der Waals surface area contributed by atoms with Gasteiger partial charge in [-0.1, -0.05) is 0 Å². The minimum atomic E-state index is -5.00. The number of alkyl halides is 5. The summed E-state index contributed by atoms with van der Waals surface area (Å²) in [4.78, 5) is 21.4. The second-order valence-electron chi connectivity index (χ2n) is 4.19. The molecule has 2 amide bonds. The second-order valence-corrected chi connectivity index (χ2v) is 4.19. The first-order valence-electron chi connectivity index (χ1n) is 5.68. The van der Waals surface area contributed by atoms with Crippen LogP contribution in [-0.2, 0) is 6.18 Å². The van der Waals surface area contributed by atoms with Crippen molar-refractivity contribution in [3.05, 3.63) is 33.9 Å². The van der Waals surface area contributed by atoms with E-state index in [0.717, 1.165) is 13.1 Å². The Bertz CT molecular complexity index is 577. The molecule has 1 aromatic rings. The summed E-state index contributed by atoms with van der Waals surface area (Å²) < 4.78 is 62.4. The molecule has 122 valence electrons. The van der Waals surface area contributed by atoms with Crippen LogP contribution < -0.4 is 5.32 Å². The molecule has 0 heterocycles. The van der Waals surface area contributed by atoms with Gasteiger partial charge >= 0.3 is 12.2 Å². The molecule has 1 aromatic carbocycles. The fourth-order valence-electron chi connectivity index (χ4n) is 1.51. The molecule has 22 heavy (non-hydrogen) atoms. The van der Waals surface area contributed by atoms with E-state index >= 15 is 0 Å². The van der Waals surface area contributed by atoms with Crippen LogP contribution in [-0.4, -0.2) is 35.9 Å². The molecular weight excluding hydrogens is 317 g/mol. The van der Waals surface area contributed by atoms with Gasteiger partial charge in [0.05, 0.1) is 11.5 Å². The number of benzene rings is 1. The third kappa shape index (κ3) is 4.53. The zero-order valence-electron chi connectivity index (χ0n) is 11.0. The predicted octanol–water partition coefficient (Wildman–Crippen LogP) is 3.34. The number of rotatable bonds is 4. The van der Waals surface area contributed by atoms with Gasteiger partial charge in [0.25, 0.3) is 12.1 Å². The van der Waals surface area contributed by atoms with E-state index in [-0.39, 0.29) is 0 Å². The molecule has 0 aliphatic carbocycles. The van der Waals surface area contributed by atoms with Crippen LogP contribution in [0, 0.1) is 10.1 Å². The van der Waals surface area contributed by atoms with Gasteiger partial charge in [-0.25, -0.2) is 13.6 Å². The summed E-state index contributed by atoms with van der Waals surface area (Å²) in [7, 11) is 1.03. The van der Waals surface area contributed by atoms with E-state index in [0.29, 0.717) is 17.0 Å². The highest BCUT2D eigenvalue weighted by atomic mass is 19.4. The molecule has 0 radical (unpaired) electrons. The number of nitro groups is 1. The maximum atomic E-state index is 12.7. The Labute approximate surface area is 120 Å². The summed E-state index contributed by atoms with van der Waals surface area (Å²) in [6.07, 6.45) is -7.81. The monoisotopic (exact) mass is 327 g/mol. The minimum Gasteiger partial charge on any atom is -0.322 e. The number of anilines is 1. The van der Waals surface area contributed by atoms with E-state index < -0.39 is 47.0 Å². The van der Waals surface area contributed by atoms with Crippen LogP contribution in [0.4, 0.5) is 38.1 Å². The molecule has 0 aromatic heterocycles. The van der Waals surface area contributed by atoms with E-state index in [1.54, 1.807) is 0 Å². The molecule has 0 atom stereocenters. The van der Waals surface area contributed by atoms with Crippen molar-refractivity contribution in [3.63, 3.8) is 0 Å². The largest absolute Gasteiger partial charge is 0.423 e. The molecule has 0 aliphatic rings. The van der Waals surface area contributed by atoms with E-state index in [1.165, 1.54) is 0 Å². The van der Waals surface area contributed by atoms with E-state index in [4.69, 9.17) is 0 Å². The lowest BCUT2D eigenvalue weighted by Gasteiger charge is -2.18. The minimum absolute atomic E-state index is 0.367. The number of nitrogens with one attached hydrogen (secondary N) is 1. The lowest BCUT2D eigenvalue weighted by molar-refractivity contribution is -0.388. The van der Waals surface area contributed by atoms with Crippen LogP contribution in [0.3, 0.4) is 0 Å². The molecule has 0 bridgehead atoms. The summed E-state index contributed by atoms with van der Waals surface area (Å²) in [6, 6.07) is 0.751. The van der Waals surface area contributed by atoms with Gasteiger partial charge in [-0.05, 0) is 12.1 Å². The molecule has 11 heteroatoms. The van der Waals surface area contributed by atoms with E-state index in [1.807, 2.05) is 5.32 Å². The SMILES string of the molecule is CN(CC(F)F)C(=O)Nc1ccc([N+](=O)[O-])c(C(F)(F)F)c1. The zero-order chi connectivity index (χ0) is 17.1.